The lowest BCUT2D eigenvalue weighted by Gasteiger charge is -2.00. The van der Waals surface area contributed by atoms with Gasteiger partial charge in [-0.1, -0.05) is 11.2 Å². The Morgan fingerprint density at radius 2 is 2.13 bits per heavy atom. The highest BCUT2D eigenvalue weighted by atomic mass is 32.2. The minimum Gasteiger partial charge on any atom is -0.403 e. The monoisotopic (exact) mass is 329 g/mol. The third-order valence-corrected chi connectivity index (χ3v) is 3.92. The summed E-state index contributed by atoms with van der Waals surface area (Å²) < 4.78 is 7.02. The van der Waals surface area contributed by atoms with E-state index in [4.69, 9.17) is 4.42 Å². The number of carbonyl (C=O) groups is 1. The molecule has 0 spiro atoms. The molecule has 0 fully saturated rings. The molecule has 1 aromatic carbocycles. The Labute approximate surface area is 137 Å². The second-order valence-electron chi connectivity index (χ2n) is 4.89. The van der Waals surface area contributed by atoms with Gasteiger partial charge in [-0.15, -0.1) is 16.9 Å². The molecular formula is C15H15N5O2S. The molecule has 3 aromatic rings. The van der Waals surface area contributed by atoms with E-state index in [1.54, 1.807) is 24.9 Å². The number of nitrogens with one attached hydrogen (secondary N) is 1. The predicted octanol–water partition coefficient (Wildman–Crippen LogP) is 2.75. The van der Waals surface area contributed by atoms with E-state index < -0.39 is 0 Å². The summed E-state index contributed by atoms with van der Waals surface area (Å²) in [6.07, 6.45) is 1.99. The summed E-state index contributed by atoms with van der Waals surface area (Å²) in [7, 11) is 1.70. The number of hydrogen-bond acceptors (Lipinski definition) is 6. The van der Waals surface area contributed by atoms with Crippen molar-refractivity contribution in [3.05, 3.63) is 41.7 Å². The third kappa shape index (κ3) is 3.26. The molecule has 0 saturated heterocycles. The van der Waals surface area contributed by atoms with Gasteiger partial charge in [0.25, 0.3) is 5.91 Å². The fourth-order valence-corrected chi connectivity index (χ4v) is 2.59. The molecule has 0 aliphatic carbocycles. The second kappa shape index (κ2) is 6.25. The smallest absolute Gasteiger partial charge is 0.322 e. The number of aromatic nitrogens is 4. The van der Waals surface area contributed by atoms with Crippen molar-refractivity contribution in [2.45, 2.75) is 11.8 Å². The maximum Gasteiger partial charge on any atom is 0.322 e. The number of benzene rings is 1. The SMILES string of the molecule is CSc1cccc(-c2nnc(NC(=O)c3cc(C)nn3C)o2)c1. The van der Waals surface area contributed by atoms with E-state index in [2.05, 4.69) is 20.6 Å². The molecule has 2 aromatic heterocycles. The van der Waals surface area contributed by atoms with Gasteiger partial charge < -0.3 is 4.42 Å². The number of thioether (sulfide) groups is 1. The van der Waals surface area contributed by atoms with Gasteiger partial charge >= 0.3 is 6.01 Å². The quantitative estimate of drug-likeness (QED) is 0.741. The van der Waals surface area contributed by atoms with Crippen molar-refractivity contribution < 1.29 is 9.21 Å². The molecule has 2 heterocycles. The lowest BCUT2D eigenvalue weighted by Crippen LogP contribution is -2.16. The molecule has 23 heavy (non-hydrogen) atoms. The van der Waals surface area contributed by atoms with E-state index in [9.17, 15) is 4.79 Å². The molecule has 1 N–H and O–H groups in total. The second-order valence-corrected chi connectivity index (χ2v) is 5.77. The normalized spacial score (nSPS) is 10.7. The van der Waals surface area contributed by atoms with Crippen LogP contribution in [0.25, 0.3) is 11.5 Å². The number of rotatable bonds is 4. The van der Waals surface area contributed by atoms with Crippen molar-refractivity contribution in [3.8, 4) is 11.5 Å². The molecule has 0 atom stereocenters. The Hall–Kier alpha value is -2.61. The average molecular weight is 329 g/mol. The summed E-state index contributed by atoms with van der Waals surface area (Å²) in [5.74, 6) is 0.0125. The first-order valence-electron chi connectivity index (χ1n) is 6.87. The van der Waals surface area contributed by atoms with E-state index in [0.29, 0.717) is 11.6 Å². The van der Waals surface area contributed by atoms with Gasteiger partial charge in [0.15, 0.2) is 0 Å². The molecule has 118 valence electrons. The largest absolute Gasteiger partial charge is 0.403 e. The van der Waals surface area contributed by atoms with Crippen molar-refractivity contribution in [3.63, 3.8) is 0 Å². The molecular weight excluding hydrogens is 314 g/mol. The van der Waals surface area contributed by atoms with Crippen LogP contribution in [0.15, 0.2) is 39.6 Å². The molecule has 0 bridgehead atoms. The van der Waals surface area contributed by atoms with E-state index in [1.165, 1.54) is 4.68 Å². The topological polar surface area (TPSA) is 85.8 Å². The number of anilines is 1. The summed E-state index contributed by atoms with van der Waals surface area (Å²) in [5.41, 5.74) is 1.99. The molecule has 0 saturated carbocycles. The first-order valence-corrected chi connectivity index (χ1v) is 8.09. The highest BCUT2D eigenvalue weighted by molar-refractivity contribution is 7.98. The molecule has 0 aliphatic heterocycles. The lowest BCUT2D eigenvalue weighted by molar-refractivity contribution is 0.101. The van der Waals surface area contributed by atoms with Crippen LogP contribution in [0, 0.1) is 6.92 Å². The van der Waals surface area contributed by atoms with Crippen LogP contribution in [0.2, 0.25) is 0 Å². The van der Waals surface area contributed by atoms with Gasteiger partial charge in [-0.2, -0.15) is 5.10 Å². The van der Waals surface area contributed by atoms with E-state index in [0.717, 1.165) is 16.2 Å². The minimum absolute atomic E-state index is 0.0541. The molecule has 0 unspecified atom stereocenters. The van der Waals surface area contributed by atoms with Gasteiger partial charge in [0.1, 0.15) is 5.69 Å². The van der Waals surface area contributed by atoms with Crippen LogP contribution in [0.3, 0.4) is 0 Å². The van der Waals surface area contributed by atoms with Crippen molar-refractivity contribution in [1.29, 1.82) is 0 Å². The van der Waals surface area contributed by atoms with Crippen LogP contribution in [-0.2, 0) is 7.05 Å². The van der Waals surface area contributed by atoms with Gasteiger partial charge in [-0.25, -0.2) is 0 Å². The van der Waals surface area contributed by atoms with E-state index in [1.807, 2.05) is 37.4 Å². The third-order valence-electron chi connectivity index (χ3n) is 3.20. The molecule has 0 radical (unpaired) electrons. The zero-order valence-electron chi connectivity index (χ0n) is 12.9. The zero-order chi connectivity index (χ0) is 16.4. The standard InChI is InChI=1S/C15H15N5O2S/c1-9-7-12(20(2)19-9)13(21)16-15-18-17-14(22-15)10-5-4-6-11(8-10)23-3/h4-8H,1-3H3,(H,16,18,21). The Morgan fingerprint density at radius 1 is 1.30 bits per heavy atom. The maximum atomic E-state index is 12.2. The van der Waals surface area contributed by atoms with Crippen molar-refractivity contribution >= 4 is 23.7 Å². The van der Waals surface area contributed by atoms with Crippen LogP contribution in [0.5, 0.6) is 0 Å². The van der Waals surface area contributed by atoms with Gasteiger partial charge in [0.05, 0.1) is 5.69 Å². The summed E-state index contributed by atoms with van der Waals surface area (Å²) in [6, 6.07) is 9.49. The first kappa shape index (κ1) is 15.3. The molecule has 7 nitrogen and oxygen atoms in total. The van der Waals surface area contributed by atoms with Crippen LogP contribution in [0.4, 0.5) is 6.01 Å². The summed E-state index contributed by atoms with van der Waals surface area (Å²) in [6.45, 7) is 1.82. The van der Waals surface area contributed by atoms with Gasteiger partial charge in [-0.3, -0.25) is 14.8 Å². The zero-order valence-corrected chi connectivity index (χ0v) is 13.7. The van der Waals surface area contributed by atoms with Crippen LogP contribution in [-0.4, -0.2) is 32.1 Å². The molecule has 3 rings (SSSR count). The van der Waals surface area contributed by atoms with E-state index >= 15 is 0 Å². The van der Waals surface area contributed by atoms with Crippen molar-refractivity contribution in [2.75, 3.05) is 11.6 Å². The Bertz CT molecular complexity index is 855. The van der Waals surface area contributed by atoms with Gasteiger partial charge in [0, 0.05) is 17.5 Å². The summed E-state index contributed by atoms with van der Waals surface area (Å²) in [4.78, 5) is 13.3. The lowest BCUT2D eigenvalue weighted by atomic mass is 10.2. The highest BCUT2D eigenvalue weighted by Crippen LogP contribution is 2.24. The van der Waals surface area contributed by atoms with Crippen LogP contribution in [0.1, 0.15) is 16.2 Å². The number of carbonyl (C=O) groups excluding carboxylic acids is 1. The number of aryl methyl sites for hydroxylation is 2. The first-order chi connectivity index (χ1) is 11.1. The van der Waals surface area contributed by atoms with E-state index in [-0.39, 0.29) is 11.9 Å². The summed E-state index contributed by atoms with van der Waals surface area (Å²) in [5, 5.41) is 14.6. The van der Waals surface area contributed by atoms with Crippen molar-refractivity contribution in [2.24, 2.45) is 7.05 Å². The Kier molecular flexibility index (Phi) is 4.16. The Balaban J connectivity index is 1.79. The van der Waals surface area contributed by atoms with Gasteiger partial charge in [-0.05, 0) is 37.4 Å². The Morgan fingerprint density at radius 3 is 2.83 bits per heavy atom. The number of nitrogens with zero attached hydrogens (tertiary/aromatic N) is 4. The van der Waals surface area contributed by atoms with Crippen LogP contribution >= 0.6 is 11.8 Å². The average Bonchev–Trinajstić information content (AvgIpc) is 3.13. The van der Waals surface area contributed by atoms with Crippen LogP contribution < -0.4 is 5.32 Å². The maximum absolute atomic E-state index is 12.2. The predicted molar refractivity (Wildman–Crippen MR) is 87.4 cm³/mol. The van der Waals surface area contributed by atoms with Crippen molar-refractivity contribution in [1.82, 2.24) is 20.0 Å². The number of amides is 1. The fourth-order valence-electron chi connectivity index (χ4n) is 2.13. The number of hydrogen-bond donors (Lipinski definition) is 1. The molecule has 1 amide bonds. The van der Waals surface area contributed by atoms with Gasteiger partial charge in [0.2, 0.25) is 5.89 Å². The molecule has 8 heteroatoms. The summed E-state index contributed by atoms with van der Waals surface area (Å²) >= 11 is 1.63. The minimum atomic E-state index is -0.346. The highest BCUT2D eigenvalue weighted by Gasteiger charge is 2.16. The fraction of sp³-hybridized carbons (Fsp3) is 0.200. The molecule has 0 aliphatic rings.